The van der Waals surface area contributed by atoms with Gasteiger partial charge in [-0.05, 0) is 45.3 Å². The standard InChI is InChI=1S/C9H19NO3S.C2HF6NO4S2/c11-14(12,13)9-5-4-8-10-6-2-1-3-7-10;3-1(4,5)14(10,11)9-15(12,13)2(6,7)8/h1-9H2,(H,11,12,13);9H. The van der Waals surface area contributed by atoms with E-state index in [2.05, 4.69) is 4.90 Å². The molecule has 176 valence electrons. The summed E-state index contributed by atoms with van der Waals surface area (Å²) in [5, 5.41) is 0. The summed E-state index contributed by atoms with van der Waals surface area (Å²) < 4.78 is 138. The highest BCUT2D eigenvalue weighted by Crippen LogP contribution is 2.27. The fraction of sp³-hybridized carbons (Fsp3) is 1.00. The lowest BCUT2D eigenvalue weighted by molar-refractivity contribution is -0.0476. The summed E-state index contributed by atoms with van der Waals surface area (Å²) in [5.74, 6) is -0.0964. The number of piperidine rings is 1. The smallest absolute Gasteiger partial charge is 0.303 e. The van der Waals surface area contributed by atoms with Crippen LogP contribution in [0.15, 0.2) is 0 Å². The van der Waals surface area contributed by atoms with E-state index in [0.29, 0.717) is 6.42 Å². The van der Waals surface area contributed by atoms with E-state index in [-0.39, 0.29) is 5.75 Å². The van der Waals surface area contributed by atoms with E-state index in [1.165, 1.54) is 19.3 Å². The molecule has 0 aromatic heterocycles. The van der Waals surface area contributed by atoms with Crippen molar-refractivity contribution in [2.45, 2.75) is 43.1 Å². The Bertz CT molecular complexity index is 774. The largest absolute Gasteiger partial charge is 0.512 e. The number of alkyl halides is 6. The van der Waals surface area contributed by atoms with E-state index in [1.54, 1.807) is 0 Å². The SMILES string of the molecule is O=S(=O)(NS(=O)(=O)C(F)(F)F)C(F)(F)F.O=S(=O)(O)CCCCN1CCCCC1. The van der Waals surface area contributed by atoms with Crippen LogP contribution in [0.5, 0.6) is 0 Å². The van der Waals surface area contributed by atoms with Crippen molar-refractivity contribution in [3.63, 3.8) is 0 Å². The van der Waals surface area contributed by atoms with Gasteiger partial charge in [-0.2, -0.15) is 34.8 Å². The zero-order valence-corrected chi connectivity index (χ0v) is 17.1. The molecule has 1 saturated heterocycles. The lowest BCUT2D eigenvalue weighted by Gasteiger charge is -2.26. The third-order valence-corrected chi connectivity index (χ3v) is 7.18. The Kier molecular flexibility index (Phi) is 10.3. The maximum atomic E-state index is 11.5. The number of nitrogens with one attached hydrogen (secondary N) is 1. The molecule has 1 heterocycles. The van der Waals surface area contributed by atoms with Crippen molar-refractivity contribution < 1.29 is 56.1 Å². The molecule has 0 aromatic carbocycles. The molecule has 0 spiro atoms. The Balaban J connectivity index is 0.000000541. The van der Waals surface area contributed by atoms with Gasteiger partial charge in [0.15, 0.2) is 0 Å². The molecular formula is C11H20F6N2O7S3. The summed E-state index contributed by atoms with van der Waals surface area (Å²) in [6.45, 7) is 3.26. The van der Waals surface area contributed by atoms with Gasteiger partial charge in [-0.3, -0.25) is 4.55 Å². The van der Waals surface area contributed by atoms with E-state index in [9.17, 15) is 51.6 Å². The van der Waals surface area contributed by atoms with Crippen LogP contribution in [0.2, 0.25) is 0 Å². The monoisotopic (exact) mass is 502 g/mol. The summed E-state index contributed by atoms with van der Waals surface area (Å²) in [5.41, 5.74) is -12.3. The first-order chi connectivity index (χ1) is 12.8. The van der Waals surface area contributed by atoms with Crippen LogP contribution in [-0.4, -0.2) is 71.1 Å². The number of likely N-dealkylation sites (tertiary alicyclic amines) is 1. The van der Waals surface area contributed by atoms with Gasteiger partial charge in [-0.15, -0.1) is 0 Å². The quantitative estimate of drug-likeness (QED) is 0.303. The number of rotatable bonds is 7. The number of halogens is 6. The maximum absolute atomic E-state index is 11.5. The summed E-state index contributed by atoms with van der Waals surface area (Å²) in [7, 11) is -16.9. The van der Waals surface area contributed by atoms with Crippen molar-refractivity contribution in [3.05, 3.63) is 0 Å². The third kappa shape index (κ3) is 11.3. The van der Waals surface area contributed by atoms with Gasteiger partial charge in [0.1, 0.15) is 0 Å². The molecule has 1 rings (SSSR count). The van der Waals surface area contributed by atoms with Crippen LogP contribution >= 0.6 is 0 Å². The van der Waals surface area contributed by atoms with E-state index in [4.69, 9.17) is 4.55 Å². The number of unbranched alkanes of at least 4 members (excludes halogenated alkanes) is 1. The number of hydrogen-bond donors (Lipinski definition) is 2. The van der Waals surface area contributed by atoms with Gasteiger partial charge in [-0.25, -0.2) is 16.8 Å². The van der Waals surface area contributed by atoms with Crippen LogP contribution in [0.25, 0.3) is 0 Å². The van der Waals surface area contributed by atoms with Gasteiger partial charge in [0.05, 0.1) is 5.75 Å². The summed E-state index contributed by atoms with van der Waals surface area (Å²) in [6.07, 6.45) is 5.27. The normalized spacial score (nSPS) is 17.5. The number of sulfonamides is 2. The van der Waals surface area contributed by atoms with Gasteiger partial charge in [0.25, 0.3) is 10.1 Å². The van der Waals surface area contributed by atoms with Gasteiger partial charge in [0.2, 0.25) is 0 Å². The van der Waals surface area contributed by atoms with Crippen LogP contribution < -0.4 is 4.13 Å². The molecule has 1 fully saturated rings. The highest BCUT2D eigenvalue weighted by atomic mass is 32.3. The van der Waals surface area contributed by atoms with Crippen LogP contribution in [0.4, 0.5) is 26.3 Å². The van der Waals surface area contributed by atoms with Crippen LogP contribution in [-0.2, 0) is 30.2 Å². The minimum atomic E-state index is -6.60. The topological polar surface area (TPSA) is 138 Å². The van der Waals surface area contributed by atoms with Gasteiger partial charge < -0.3 is 4.90 Å². The zero-order valence-electron chi connectivity index (χ0n) is 14.7. The average Bonchev–Trinajstić information content (AvgIpc) is 2.49. The first-order valence-corrected chi connectivity index (χ1v) is 12.4. The fourth-order valence-corrected chi connectivity index (χ4v) is 4.52. The molecule has 2 N–H and O–H groups in total. The van der Waals surface area contributed by atoms with Crippen molar-refractivity contribution in [2.24, 2.45) is 0 Å². The molecule has 0 aliphatic carbocycles. The molecular weight excluding hydrogens is 482 g/mol. The predicted molar refractivity (Wildman–Crippen MR) is 89.0 cm³/mol. The molecule has 18 heteroatoms. The molecule has 0 bridgehead atoms. The van der Waals surface area contributed by atoms with Crippen molar-refractivity contribution in [3.8, 4) is 0 Å². The lowest BCUT2D eigenvalue weighted by atomic mass is 10.1. The highest BCUT2D eigenvalue weighted by molar-refractivity contribution is 8.05. The second-order valence-corrected chi connectivity index (χ2v) is 11.1. The second kappa shape index (κ2) is 10.6. The molecule has 9 nitrogen and oxygen atoms in total. The minimum Gasteiger partial charge on any atom is -0.303 e. The van der Waals surface area contributed by atoms with Crippen LogP contribution in [0, 0.1) is 0 Å². The molecule has 0 unspecified atom stereocenters. The first-order valence-electron chi connectivity index (χ1n) is 7.87. The Morgan fingerprint density at radius 1 is 0.759 bits per heavy atom. The first kappa shape index (κ1) is 28.3. The Morgan fingerprint density at radius 3 is 1.52 bits per heavy atom. The van der Waals surface area contributed by atoms with Crippen molar-refractivity contribution >= 4 is 30.2 Å². The van der Waals surface area contributed by atoms with E-state index in [0.717, 1.165) is 26.1 Å². The van der Waals surface area contributed by atoms with Gasteiger partial charge in [-0.1, -0.05) is 10.5 Å². The fourth-order valence-electron chi connectivity index (χ4n) is 2.04. The Labute approximate surface area is 164 Å². The summed E-state index contributed by atoms with van der Waals surface area (Å²) >= 11 is 0. The molecule has 1 aliphatic rings. The number of hydrogen-bond acceptors (Lipinski definition) is 7. The van der Waals surface area contributed by atoms with Gasteiger partial charge in [0, 0.05) is 0 Å². The molecule has 0 aromatic rings. The van der Waals surface area contributed by atoms with E-state index >= 15 is 0 Å². The molecule has 0 amide bonds. The van der Waals surface area contributed by atoms with E-state index < -0.39 is 45.3 Å². The molecule has 29 heavy (non-hydrogen) atoms. The third-order valence-electron chi connectivity index (χ3n) is 3.40. The average molecular weight is 502 g/mol. The van der Waals surface area contributed by atoms with Crippen molar-refractivity contribution in [1.82, 2.24) is 9.03 Å². The summed E-state index contributed by atoms with van der Waals surface area (Å²) in [6, 6.07) is 0. The Morgan fingerprint density at radius 2 is 1.17 bits per heavy atom. The van der Waals surface area contributed by atoms with E-state index in [1.807, 2.05) is 0 Å². The molecule has 0 radical (unpaired) electrons. The maximum Gasteiger partial charge on any atom is 0.512 e. The highest BCUT2D eigenvalue weighted by Gasteiger charge is 2.55. The number of nitrogens with zero attached hydrogens (tertiary/aromatic N) is 1. The van der Waals surface area contributed by atoms with Crippen LogP contribution in [0.3, 0.4) is 0 Å². The van der Waals surface area contributed by atoms with Crippen molar-refractivity contribution in [2.75, 3.05) is 25.4 Å². The lowest BCUT2D eigenvalue weighted by Crippen LogP contribution is -2.45. The molecule has 0 atom stereocenters. The molecule has 1 aliphatic heterocycles. The summed E-state index contributed by atoms with van der Waals surface area (Å²) in [4.78, 5) is 2.37. The predicted octanol–water partition coefficient (Wildman–Crippen LogP) is 1.42. The second-order valence-electron chi connectivity index (χ2n) is 5.88. The van der Waals surface area contributed by atoms with Crippen molar-refractivity contribution in [1.29, 1.82) is 0 Å². The Hall–Kier alpha value is -0.690. The minimum absolute atomic E-state index is 0.0964. The zero-order chi connectivity index (χ0) is 23.1. The van der Waals surface area contributed by atoms with Crippen LogP contribution in [0.1, 0.15) is 32.1 Å². The molecule has 0 saturated carbocycles. The van der Waals surface area contributed by atoms with Gasteiger partial charge >= 0.3 is 31.1 Å².